The average molecular weight is 347 g/mol. The Hall–Kier alpha value is -2.82. The highest BCUT2D eigenvalue weighted by Gasteiger charge is 2.22. The number of nitrogens with one attached hydrogen (secondary N) is 1. The van der Waals surface area contributed by atoms with E-state index in [-0.39, 0.29) is 0 Å². The SMILES string of the molecule is CN=C(NCCCn1c(C)nc2ccccc21)N1CCc2ccccc21. The summed E-state index contributed by atoms with van der Waals surface area (Å²) in [7, 11) is 1.86. The van der Waals surface area contributed by atoms with Gasteiger partial charge in [-0.25, -0.2) is 4.98 Å². The van der Waals surface area contributed by atoms with E-state index in [1.165, 1.54) is 16.8 Å². The maximum absolute atomic E-state index is 4.64. The molecule has 0 radical (unpaired) electrons. The smallest absolute Gasteiger partial charge is 0.198 e. The van der Waals surface area contributed by atoms with E-state index in [0.717, 1.165) is 49.8 Å². The van der Waals surface area contributed by atoms with Crippen LogP contribution in [0.25, 0.3) is 11.0 Å². The van der Waals surface area contributed by atoms with Crippen LogP contribution in [0.2, 0.25) is 0 Å². The zero-order chi connectivity index (χ0) is 17.9. The lowest BCUT2D eigenvalue weighted by molar-refractivity contribution is 0.627. The number of hydrogen-bond donors (Lipinski definition) is 1. The molecule has 2 heterocycles. The van der Waals surface area contributed by atoms with Crippen molar-refractivity contribution in [3.8, 4) is 0 Å². The molecule has 1 aliphatic heterocycles. The Labute approximate surface area is 154 Å². The fourth-order valence-electron chi connectivity index (χ4n) is 3.77. The van der Waals surface area contributed by atoms with Gasteiger partial charge in [0.05, 0.1) is 11.0 Å². The lowest BCUT2D eigenvalue weighted by Crippen LogP contribution is -2.41. The Morgan fingerprint density at radius 2 is 1.96 bits per heavy atom. The van der Waals surface area contributed by atoms with E-state index in [2.05, 4.69) is 74.1 Å². The predicted molar refractivity (Wildman–Crippen MR) is 108 cm³/mol. The first-order chi connectivity index (χ1) is 12.8. The summed E-state index contributed by atoms with van der Waals surface area (Å²) < 4.78 is 2.30. The van der Waals surface area contributed by atoms with E-state index in [9.17, 15) is 0 Å². The number of aryl methyl sites for hydroxylation is 2. The topological polar surface area (TPSA) is 45.5 Å². The third kappa shape index (κ3) is 3.05. The Bertz CT molecular complexity index is 940. The predicted octanol–water partition coefficient (Wildman–Crippen LogP) is 3.37. The van der Waals surface area contributed by atoms with E-state index < -0.39 is 0 Å². The van der Waals surface area contributed by atoms with Crippen molar-refractivity contribution >= 4 is 22.7 Å². The second-order valence-corrected chi connectivity index (χ2v) is 6.66. The summed E-state index contributed by atoms with van der Waals surface area (Å²) in [5, 5.41) is 3.52. The van der Waals surface area contributed by atoms with Crippen LogP contribution in [-0.2, 0) is 13.0 Å². The quantitative estimate of drug-likeness (QED) is 0.447. The largest absolute Gasteiger partial charge is 0.356 e. The average Bonchev–Trinajstić information content (AvgIpc) is 3.23. The maximum atomic E-state index is 4.64. The first-order valence-electron chi connectivity index (χ1n) is 9.26. The molecule has 0 spiro atoms. The fraction of sp³-hybridized carbons (Fsp3) is 0.333. The number of nitrogens with zero attached hydrogens (tertiary/aromatic N) is 4. The number of imidazole rings is 1. The number of fused-ring (bicyclic) bond motifs is 2. The van der Waals surface area contributed by atoms with Gasteiger partial charge in [-0.3, -0.25) is 4.99 Å². The highest BCUT2D eigenvalue weighted by Crippen LogP contribution is 2.27. The number of aliphatic imine (C=N–C) groups is 1. The van der Waals surface area contributed by atoms with Crippen molar-refractivity contribution in [1.82, 2.24) is 14.9 Å². The minimum Gasteiger partial charge on any atom is -0.356 e. The molecule has 0 aliphatic carbocycles. The standard InChI is InChI=1S/C21H25N5/c1-16-24-18-9-4-6-11-20(18)25(16)14-7-13-23-21(22-2)26-15-12-17-8-3-5-10-19(17)26/h3-6,8-11H,7,12-15H2,1-2H3,(H,22,23). The summed E-state index contributed by atoms with van der Waals surface area (Å²) in [5.41, 5.74) is 4.96. The van der Waals surface area contributed by atoms with Gasteiger partial charge in [-0.1, -0.05) is 30.3 Å². The van der Waals surface area contributed by atoms with Crippen LogP contribution in [0, 0.1) is 6.92 Å². The Balaban J connectivity index is 1.38. The third-order valence-electron chi connectivity index (χ3n) is 5.04. The number of rotatable bonds is 4. The zero-order valence-corrected chi connectivity index (χ0v) is 15.4. The maximum Gasteiger partial charge on any atom is 0.198 e. The second-order valence-electron chi connectivity index (χ2n) is 6.66. The van der Waals surface area contributed by atoms with Gasteiger partial charge in [-0.15, -0.1) is 0 Å². The van der Waals surface area contributed by atoms with Gasteiger partial charge in [0.1, 0.15) is 5.82 Å². The summed E-state index contributed by atoms with van der Waals surface area (Å²) in [4.78, 5) is 11.4. The van der Waals surface area contributed by atoms with Gasteiger partial charge >= 0.3 is 0 Å². The van der Waals surface area contributed by atoms with E-state index in [0.29, 0.717) is 0 Å². The lowest BCUT2D eigenvalue weighted by atomic mass is 10.2. The van der Waals surface area contributed by atoms with E-state index >= 15 is 0 Å². The Morgan fingerprint density at radius 1 is 1.15 bits per heavy atom. The number of para-hydroxylation sites is 3. The van der Waals surface area contributed by atoms with Gasteiger partial charge in [0.2, 0.25) is 0 Å². The van der Waals surface area contributed by atoms with Gasteiger partial charge < -0.3 is 14.8 Å². The molecule has 0 fully saturated rings. The first-order valence-corrected chi connectivity index (χ1v) is 9.26. The highest BCUT2D eigenvalue weighted by atomic mass is 15.3. The van der Waals surface area contributed by atoms with Crippen molar-refractivity contribution in [2.24, 2.45) is 4.99 Å². The van der Waals surface area contributed by atoms with Gasteiger partial charge in [0.25, 0.3) is 0 Å². The minimum atomic E-state index is 0.886. The molecule has 0 saturated heterocycles. The van der Waals surface area contributed by atoms with Crippen molar-refractivity contribution in [2.45, 2.75) is 26.3 Å². The van der Waals surface area contributed by atoms with Crippen molar-refractivity contribution < 1.29 is 0 Å². The molecule has 3 aromatic rings. The van der Waals surface area contributed by atoms with Crippen LogP contribution in [0.5, 0.6) is 0 Å². The zero-order valence-electron chi connectivity index (χ0n) is 15.4. The first kappa shape index (κ1) is 16.6. The number of benzene rings is 2. The number of hydrogen-bond acceptors (Lipinski definition) is 2. The third-order valence-corrected chi connectivity index (χ3v) is 5.04. The van der Waals surface area contributed by atoms with Crippen LogP contribution in [-0.4, -0.2) is 35.6 Å². The summed E-state index contributed by atoms with van der Waals surface area (Å²) in [5.74, 6) is 2.03. The van der Waals surface area contributed by atoms with Crippen molar-refractivity contribution in [2.75, 3.05) is 25.0 Å². The summed E-state index contributed by atoms with van der Waals surface area (Å²) >= 11 is 0. The Kier molecular flexibility index (Phi) is 4.61. The van der Waals surface area contributed by atoms with Crippen molar-refractivity contribution in [1.29, 1.82) is 0 Å². The molecule has 0 amide bonds. The summed E-state index contributed by atoms with van der Waals surface area (Å²) in [6.07, 6.45) is 2.10. The molecule has 26 heavy (non-hydrogen) atoms. The molecule has 0 bridgehead atoms. The molecule has 4 rings (SSSR count). The molecule has 1 aliphatic rings. The van der Waals surface area contributed by atoms with Crippen LogP contribution in [0.4, 0.5) is 5.69 Å². The van der Waals surface area contributed by atoms with Crippen molar-refractivity contribution in [3.05, 3.63) is 59.9 Å². The molecule has 0 saturated carbocycles. The van der Waals surface area contributed by atoms with E-state index in [4.69, 9.17) is 0 Å². The number of anilines is 1. The highest BCUT2D eigenvalue weighted by molar-refractivity contribution is 5.97. The van der Waals surface area contributed by atoms with Crippen LogP contribution in [0.3, 0.4) is 0 Å². The second kappa shape index (κ2) is 7.20. The molecular formula is C21H25N5. The molecule has 134 valence electrons. The van der Waals surface area contributed by atoms with E-state index in [1.807, 2.05) is 13.1 Å². The molecule has 1 N–H and O–H groups in total. The van der Waals surface area contributed by atoms with Crippen molar-refractivity contribution in [3.63, 3.8) is 0 Å². The lowest BCUT2D eigenvalue weighted by Gasteiger charge is -2.22. The van der Waals surface area contributed by atoms with Crippen LogP contribution in [0.15, 0.2) is 53.5 Å². The number of guanidine groups is 1. The Morgan fingerprint density at radius 3 is 2.85 bits per heavy atom. The van der Waals surface area contributed by atoms with Gasteiger partial charge in [-0.2, -0.15) is 0 Å². The normalized spacial score (nSPS) is 14.1. The molecule has 0 unspecified atom stereocenters. The van der Waals surface area contributed by atoms with Crippen LogP contribution < -0.4 is 10.2 Å². The van der Waals surface area contributed by atoms with Crippen LogP contribution >= 0.6 is 0 Å². The molecule has 2 aromatic carbocycles. The molecule has 5 nitrogen and oxygen atoms in total. The minimum absolute atomic E-state index is 0.886. The van der Waals surface area contributed by atoms with E-state index in [1.54, 1.807) is 0 Å². The van der Waals surface area contributed by atoms with Gasteiger partial charge in [0, 0.05) is 32.4 Å². The monoisotopic (exact) mass is 347 g/mol. The molecule has 0 atom stereocenters. The van der Waals surface area contributed by atoms with Gasteiger partial charge in [-0.05, 0) is 43.5 Å². The fourth-order valence-corrected chi connectivity index (χ4v) is 3.77. The summed E-state index contributed by atoms with van der Waals surface area (Å²) in [6.45, 7) is 4.90. The molecule has 1 aromatic heterocycles. The van der Waals surface area contributed by atoms with Gasteiger partial charge in [0.15, 0.2) is 5.96 Å². The number of aromatic nitrogens is 2. The van der Waals surface area contributed by atoms with Crippen LogP contribution in [0.1, 0.15) is 17.8 Å². The molecule has 5 heteroatoms. The summed E-state index contributed by atoms with van der Waals surface area (Å²) in [6, 6.07) is 16.9. The molecular weight excluding hydrogens is 322 g/mol.